The first kappa shape index (κ1) is 32.5. The van der Waals surface area contributed by atoms with Gasteiger partial charge in [0.25, 0.3) is 0 Å². The summed E-state index contributed by atoms with van der Waals surface area (Å²) >= 11 is 0.501. The summed E-state index contributed by atoms with van der Waals surface area (Å²) in [4.78, 5) is -13.6. The van der Waals surface area contributed by atoms with Crippen LogP contribution >= 0.6 is 31.9 Å². The number of halogens is 22. The summed E-state index contributed by atoms with van der Waals surface area (Å²) < 4.78 is 261. The fourth-order valence-corrected chi connectivity index (χ4v) is 2.29. The summed E-state index contributed by atoms with van der Waals surface area (Å²) in [6.07, 6.45) is -33.4. The van der Waals surface area contributed by atoms with E-state index in [9.17, 15) is 87.8 Å². The van der Waals surface area contributed by atoms with E-state index < -0.39 is 57.4 Å². The number of alkyl halides is 22. The van der Waals surface area contributed by atoms with Gasteiger partial charge in [0, 0.05) is 0 Å². The normalized spacial score (nSPS) is 19.8. The van der Waals surface area contributed by atoms with Gasteiger partial charge >= 0.3 is 57.4 Å². The van der Waals surface area contributed by atoms with Crippen LogP contribution in [0.1, 0.15) is 0 Å². The lowest BCUT2D eigenvalue weighted by molar-refractivity contribution is -0.521. The third-order valence-corrected chi connectivity index (χ3v) is 4.41. The van der Waals surface area contributed by atoms with Gasteiger partial charge in [-0.25, -0.2) is 13.5 Å². The van der Waals surface area contributed by atoms with E-state index in [1.165, 1.54) is 0 Å². The molecule has 2 unspecified atom stereocenters. The molecule has 0 amide bonds. The average molecular weight is 676 g/mol. The summed E-state index contributed by atoms with van der Waals surface area (Å²) in [6, 6.07) is 0. The average Bonchev–Trinajstić information content (AvgIpc) is 2.46. The van der Waals surface area contributed by atoms with Crippen molar-refractivity contribution in [1.29, 1.82) is 0 Å². The van der Waals surface area contributed by atoms with Crippen molar-refractivity contribution in [2.24, 2.45) is 0 Å². The van der Waals surface area contributed by atoms with Gasteiger partial charge in [0.05, 0.1) is 0 Å². The third kappa shape index (κ3) is 4.57. The van der Waals surface area contributed by atoms with Gasteiger partial charge < -0.3 is 0 Å². The number of rotatable bonds is 8. The Labute approximate surface area is 182 Å². The minimum Gasteiger partial charge on any atom is -0.249 e. The number of ether oxygens (including phenoxy) is 1. The van der Waals surface area contributed by atoms with Gasteiger partial charge in [0.2, 0.25) is 0 Å². The lowest BCUT2D eigenvalue weighted by atomic mass is 9.93. The highest BCUT2D eigenvalue weighted by molar-refractivity contribution is 9.10. The minimum absolute atomic E-state index is 0.250. The van der Waals surface area contributed by atoms with Crippen LogP contribution in [0.2, 0.25) is 0 Å². The fourth-order valence-electron chi connectivity index (χ4n) is 1.74. The molecule has 0 N–H and O–H groups in total. The highest BCUT2D eigenvalue weighted by Crippen LogP contribution is 2.65. The summed E-state index contributed by atoms with van der Waals surface area (Å²) in [7, 11) is 0. The maximum absolute atomic E-state index is 13.8. The zero-order chi connectivity index (χ0) is 27.7. The Balaban J connectivity index is 7.21. The molecule has 0 heterocycles. The highest BCUT2D eigenvalue weighted by atomic mass is 79.9. The van der Waals surface area contributed by atoms with Gasteiger partial charge in [-0.2, -0.15) is 79.0 Å². The lowest BCUT2D eigenvalue weighted by Crippen LogP contribution is -2.75. The zero-order valence-corrected chi connectivity index (χ0v) is 16.9. The van der Waals surface area contributed by atoms with Crippen molar-refractivity contribution in [3.8, 4) is 0 Å². The second-order valence-corrected chi connectivity index (χ2v) is 7.58. The topological polar surface area (TPSA) is 9.23 Å². The summed E-state index contributed by atoms with van der Waals surface area (Å²) in [5, 5.41) is 0. The molecule has 0 rings (SSSR count). The van der Waals surface area contributed by atoms with Crippen LogP contribution in [0.25, 0.3) is 0 Å². The first-order valence-corrected chi connectivity index (χ1v) is 8.15. The van der Waals surface area contributed by atoms with E-state index >= 15 is 0 Å². The first-order chi connectivity index (χ1) is 13.7. The standard InChI is InChI=1S/C10Br2F20O/c11-5(19,20)3(15,16)1(13,7(23,24)25)9(29,30)33-10(31,32)2(14,8(26,27)28)4(17,18)6(12,21)22. The Morgan fingerprint density at radius 3 is 0.667 bits per heavy atom. The van der Waals surface area contributed by atoms with Crippen molar-refractivity contribution in [3.63, 3.8) is 0 Å². The Bertz CT molecular complexity index is 654. The van der Waals surface area contributed by atoms with E-state index in [0.29, 0.717) is 0 Å². The molecule has 0 aromatic rings. The van der Waals surface area contributed by atoms with Crippen molar-refractivity contribution < 1.29 is 92.5 Å². The summed E-state index contributed by atoms with van der Waals surface area (Å²) in [6.45, 7) is 0. The Morgan fingerprint density at radius 1 is 0.364 bits per heavy atom. The van der Waals surface area contributed by atoms with Crippen molar-refractivity contribution in [1.82, 2.24) is 0 Å². The minimum atomic E-state index is -8.53. The monoisotopic (exact) mass is 674 g/mol. The molecule has 0 saturated heterocycles. The molecule has 0 fully saturated rings. The van der Waals surface area contributed by atoms with Gasteiger partial charge in [-0.3, -0.25) is 0 Å². The van der Waals surface area contributed by atoms with Crippen LogP contribution in [0.5, 0.6) is 0 Å². The smallest absolute Gasteiger partial charge is 0.249 e. The molecule has 0 aliphatic carbocycles. The molecule has 0 saturated carbocycles. The van der Waals surface area contributed by atoms with E-state index in [1.54, 1.807) is 0 Å². The van der Waals surface area contributed by atoms with Crippen molar-refractivity contribution in [2.45, 2.75) is 57.4 Å². The summed E-state index contributed by atoms with van der Waals surface area (Å²) in [5.74, 6) is -16.0. The molecule has 0 aromatic carbocycles. The van der Waals surface area contributed by atoms with Crippen LogP contribution in [0, 0.1) is 0 Å². The second-order valence-electron chi connectivity index (χ2n) is 5.59. The number of hydrogen-bond acceptors (Lipinski definition) is 1. The fraction of sp³-hybridized carbons (Fsp3) is 1.00. The highest BCUT2D eigenvalue weighted by Gasteiger charge is 2.95. The maximum atomic E-state index is 13.8. The summed E-state index contributed by atoms with van der Waals surface area (Å²) in [5.41, 5.74) is -17.1. The van der Waals surface area contributed by atoms with Crippen LogP contribution < -0.4 is 0 Å². The maximum Gasteiger partial charge on any atom is 0.437 e. The van der Waals surface area contributed by atoms with Gasteiger partial charge in [-0.05, 0) is 31.9 Å². The van der Waals surface area contributed by atoms with E-state index in [-0.39, 0.29) is 31.9 Å². The molecular weight excluding hydrogens is 676 g/mol. The SMILES string of the molecule is FC(F)(F)C(F)(C(F)(F)OC(F)(F)C(F)(C(F)(F)F)C(F)(F)C(F)(F)Br)C(F)(F)C(F)(F)Br. The molecule has 0 aromatic heterocycles. The zero-order valence-electron chi connectivity index (χ0n) is 13.7. The van der Waals surface area contributed by atoms with Crippen molar-refractivity contribution in [2.75, 3.05) is 0 Å². The van der Waals surface area contributed by atoms with Crippen LogP contribution in [-0.4, -0.2) is 57.4 Å². The van der Waals surface area contributed by atoms with Crippen LogP contribution in [-0.2, 0) is 4.74 Å². The van der Waals surface area contributed by atoms with Gasteiger partial charge in [0.15, 0.2) is 0 Å². The van der Waals surface area contributed by atoms with Crippen LogP contribution in [0.4, 0.5) is 87.8 Å². The molecular formula is C10Br2F20O. The van der Waals surface area contributed by atoms with Gasteiger partial charge in [-0.15, -0.1) is 0 Å². The molecule has 0 aliphatic rings. The Hall–Kier alpha value is -0.480. The second kappa shape index (κ2) is 8.02. The molecule has 23 heteroatoms. The molecule has 200 valence electrons. The van der Waals surface area contributed by atoms with Crippen LogP contribution in [0.3, 0.4) is 0 Å². The predicted molar refractivity (Wildman–Crippen MR) is 68.4 cm³/mol. The first-order valence-electron chi connectivity index (χ1n) is 6.57. The van der Waals surface area contributed by atoms with Gasteiger partial charge in [0.1, 0.15) is 0 Å². The van der Waals surface area contributed by atoms with E-state index in [1.807, 2.05) is 0 Å². The molecule has 0 aliphatic heterocycles. The molecule has 1 nitrogen and oxygen atoms in total. The van der Waals surface area contributed by atoms with Crippen molar-refractivity contribution in [3.05, 3.63) is 0 Å². The predicted octanol–water partition coefficient (Wildman–Crippen LogP) is 7.98. The quantitative estimate of drug-likeness (QED) is 0.187. The number of hydrogen-bond donors (Lipinski definition) is 0. The van der Waals surface area contributed by atoms with E-state index in [4.69, 9.17) is 0 Å². The Kier molecular flexibility index (Phi) is 7.90. The third-order valence-electron chi connectivity index (χ3n) is 3.42. The van der Waals surface area contributed by atoms with Crippen LogP contribution in [0.15, 0.2) is 0 Å². The molecule has 0 bridgehead atoms. The Morgan fingerprint density at radius 2 is 0.545 bits per heavy atom. The lowest BCUT2D eigenvalue weighted by Gasteiger charge is -2.44. The molecule has 0 radical (unpaired) electrons. The van der Waals surface area contributed by atoms with E-state index in [2.05, 4.69) is 0 Å². The molecule has 33 heavy (non-hydrogen) atoms. The molecule has 0 spiro atoms. The molecule has 2 atom stereocenters. The largest absolute Gasteiger partial charge is 0.437 e. The van der Waals surface area contributed by atoms with Gasteiger partial charge in [-0.1, -0.05) is 0 Å². The van der Waals surface area contributed by atoms with Crippen molar-refractivity contribution >= 4 is 31.9 Å². The van der Waals surface area contributed by atoms with E-state index in [0.717, 1.165) is 4.74 Å².